The molecule has 5 heteroatoms. The third-order valence-electron chi connectivity index (χ3n) is 1.93. The van der Waals surface area contributed by atoms with Crippen LogP contribution in [-0.4, -0.2) is 16.6 Å². The Labute approximate surface area is 96.9 Å². The molecule has 0 radical (unpaired) electrons. The summed E-state index contributed by atoms with van der Waals surface area (Å²) in [6.07, 6.45) is 0. The number of anilines is 1. The summed E-state index contributed by atoms with van der Waals surface area (Å²) >= 11 is 5.37. The molecule has 0 aliphatic carbocycles. The quantitative estimate of drug-likeness (QED) is 0.789. The monoisotopic (exact) mass is 238 g/mol. The number of aryl methyl sites for hydroxylation is 1. The average Bonchev–Trinajstić information content (AvgIpc) is 2.59. The van der Waals surface area contributed by atoms with Gasteiger partial charge in [-0.05, 0) is 24.6 Å². The standard InChI is InChI=1S/C10H10N2OS2/c1-6-2-3-7-8(4-6)15-10(11-7)12-9(13)5-14/h2-4,14H,5H2,1H3,(H,11,12,13). The highest BCUT2D eigenvalue weighted by Gasteiger charge is 2.06. The van der Waals surface area contributed by atoms with Crippen molar-refractivity contribution in [2.45, 2.75) is 6.92 Å². The Bertz CT molecular complexity index is 507. The van der Waals surface area contributed by atoms with Gasteiger partial charge >= 0.3 is 0 Å². The van der Waals surface area contributed by atoms with E-state index in [0.717, 1.165) is 10.2 Å². The van der Waals surface area contributed by atoms with E-state index in [1.54, 1.807) is 0 Å². The van der Waals surface area contributed by atoms with E-state index in [2.05, 4.69) is 29.0 Å². The van der Waals surface area contributed by atoms with Crippen LogP contribution in [0, 0.1) is 6.92 Å². The van der Waals surface area contributed by atoms with Crippen molar-refractivity contribution < 1.29 is 4.79 Å². The fourth-order valence-electron chi connectivity index (χ4n) is 1.24. The Hall–Kier alpha value is -1.07. The first kappa shape index (κ1) is 10.4. The second-order valence-corrected chi connectivity index (χ2v) is 4.54. The van der Waals surface area contributed by atoms with Gasteiger partial charge in [-0.15, -0.1) is 0 Å². The first-order valence-electron chi connectivity index (χ1n) is 4.47. The molecule has 0 saturated carbocycles. The van der Waals surface area contributed by atoms with E-state index in [-0.39, 0.29) is 11.7 Å². The van der Waals surface area contributed by atoms with E-state index in [0.29, 0.717) is 5.13 Å². The zero-order valence-corrected chi connectivity index (χ0v) is 9.86. The lowest BCUT2D eigenvalue weighted by molar-refractivity contribution is -0.113. The highest BCUT2D eigenvalue weighted by Crippen LogP contribution is 2.26. The van der Waals surface area contributed by atoms with Crippen LogP contribution in [0.2, 0.25) is 0 Å². The van der Waals surface area contributed by atoms with E-state index in [1.807, 2.05) is 19.1 Å². The van der Waals surface area contributed by atoms with Crippen LogP contribution >= 0.6 is 24.0 Å². The van der Waals surface area contributed by atoms with Gasteiger partial charge in [-0.2, -0.15) is 12.6 Å². The molecular formula is C10H10N2OS2. The zero-order chi connectivity index (χ0) is 10.8. The van der Waals surface area contributed by atoms with Crippen molar-refractivity contribution in [2.75, 3.05) is 11.1 Å². The predicted octanol–water partition coefficient (Wildman–Crippen LogP) is 2.47. The summed E-state index contributed by atoms with van der Waals surface area (Å²) in [5.74, 6) is 0.0451. The summed E-state index contributed by atoms with van der Waals surface area (Å²) in [6.45, 7) is 2.03. The number of hydrogen-bond donors (Lipinski definition) is 2. The van der Waals surface area contributed by atoms with Crippen LogP contribution in [-0.2, 0) is 4.79 Å². The normalized spacial score (nSPS) is 10.5. The lowest BCUT2D eigenvalue weighted by Gasteiger charge is -1.94. The molecule has 0 fully saturated rings. The van der Waals surface area contributed by atoms with E-state index < -0.39 is 0 Å². The molecular weight excluding hydrogens is 228 g/mol. The highest BCUT2D eigenvalue weighted by atomic mass is 32.1. The van der Waals surface area contributed by atoms with E-state index in [1.165, 1.54) is 16.9 Å². The minimum atomic E-state index is -0.130. The molecule has 0 bridgehead atoms. The maximum Gasteiger partial charge on any atom is 0.235 e. The van der Waals surface area contributed by atoms with Crippen molar-refractivity contribution in [2.24, 2.45) is 0 Å². The number of aromatic nitrogens is 1. The number of benzene rings is 1. The number of carbonyl (C=O) groups is 1. The minimum Gasteiger partial charge on any atom is -0.301 e. The van der Waals surface area contributed by atoms with Crippen LogP contribution in [0.25, 0.3) is 10.2 Å². The zero-order valence-electron chi connectivity index (χ0n) is 8.15. The summed E-state index contributed by atoms with van der Waals surface area (Å²) in [5.41, 5.74) is 2.11. The van der Waals surface area contributed by atoms with Crippen molar-refractivity contribution in [3.05, 3.63) is 23.8 Å². The minimum absolute atomic E-state index is 0.130. The Balaban J connectivity index is 2.34. The Kier molecular flexibility index (Phi) is 2.93. The highest BCUT2D eigenvalue weighted by molar-refractivity contribution is 7.81. The third kappa shape index (κ3) is 2.30. The third-order valence-corrected chi connectivity index (χ3v) is 3.15. The first-order chi connectivity index (χ1) is 7.19. The molecule has 1 heterocycles. The number of hydrogen-bond acceptors (Lipinski definition) is 4. The summed E-state index contributed by atoms with van der Waals surface area (Å²) in [6, 6.07) is 6.02. The lowest BCUT2D eigenvalue weighted by Crippen LogP contribution is -2.12. The maximum atomic E-state index is 11.1. The number of nitrogens with zero attached hydrogens (tertiary/aromatic N) is 1. The van der Waals surface area contributed by atoms with E-state index in [4.69, 9.17) is 0 Å². The van der Waals surface area contributed by atoms with Gasteiger partial charge in [0.05, 0.1) is 16.0 Å². The molecule has 1 amide bonds. The second kappa shape index (κ2) is 4.20. The molecule has 0 aliphatic heterocycles. The van der Waals surface area contributed by atoms with Crippen LogP contribution in [0.1, 0.15) is 5.56 Å². The summed E-state index contributed by atoms with van der Waals surface area (Å²) in [4.78, 5) is 15.4. The van der Waals surface area contributed by atoms with Crippen LogP contribution in [0.3, 0.4) is 0 Å². The summed E-state index contributed by atoms with van der Waals surface area (Å²) in [7, 11) is 0. The number of carbonyl (C=O) groups excluding carboxylic acids is 1. The van der Waals surface area contributed by atoms with Crippen LogP contribution in [0.4, 0.5) is 5.13 Å². The van der Waals surface area contributed by atoms with Gasteiger partial charge in [0.2, 0.25) is 5.91 Å². The number of rotatable bonds is 2. The molecule has 1 aromatic carbocycles. The molecule has 2 aromatic rings. The number of fused-ring (bicyclic) bond motifs is 1. The predicted molar refractivity (Wildman–Crippen MR) is 66.8 cm³/mol. The number of nitrogens with one attached hydrogen (secondary N) is 1. The molecule has 1 aromatic heterocycles. The molecule has 0 atom stereocenters. The summed E-state index contributed by atoms with van der Waals surface area (Å²) < 4.78 is 1.09. The Morgan fingerprint density at radius 1 is 1.60 bits per heavy atom. The van der Waals surface area contributed by atoms with Crippen molar-refractivity contribution in [1.82, 2.24) is 4.98 Å². The molecule has 78 valence electrons. The summed E-state index contributed by atoms with van der Waals surface area (Å²) in [5, 5.41) is 3.33. The molecule has 0 saturated heterocycles. The van der Waals surface area contributed by atoms with Crippen molar-refractivity contribution in [3.63, 3.8) is 0 Å². The molecule has 0 spiro atoms. The van der Waals surface area contributed by atoms with Gasteiger partial charge in [0.25, 0.3) is 0 Å². The molecule has 2 rings (SSSR count). The van der Waals surface area contributed by atoms with Gasteiger partial charge < -0.3 is 5.32 Å². The van der Waals surface area contributed by atoms with Gasteiger partial charge in [0.15, 0.2) is 5.13 Å². The van der Waals surface area contributed by atoms with Gasteiger partial charge in [0.1, 0.15) is 0 Å². The largest absolute Gasteiger partial charge is 0.301 e. The Morgan fingerprint density at radius 3 is 3.13 bits per heavy atom. The smallest absolute Gasteiger partial charge is 0.235 e. The van der Waals surface area contributed by atoms with Crippen molar-refractivity contribution in [3.8, 4) is 0 Å². The van der Waals surface area contributed by atoms with E-state index >= 15 is 0 Å². The van der Waals surface area contributed by atoms with E-state index in [9.17, 15) is 4.79 Å². The van der Waals surface area contributed by atoms with Crippen molar-refractivity contribution >= 4 is 45.2 Å². The lowest BCUT2D eigenvalue weighted by atomic mass is 10.2. The Morgan fingerprint density at radius 2 is 2.40 bits per heavy atom. The van der Waals surface area contributed by atoms with Crippen LogP contribution in [0.5, 0.6) is 0 Å². The SMILES string of the molecule is Cc1ccc2nc(NC(=O)CS)sc2c1. The van der Waals surface area contributed by atoms with Crippen LogP contribution in [0.15, 0.2) is 18.2 Å². The number of amides is 1. The topological polar surface area (TPSA) is 42.0 Å². The van der Waals surface area contributed by atoms with Gasteiger partial charge in [-0.25, -0.2) is 4.98 Å². The molecule has 15 heavy (non-hydrogen) atoms. The van der Waals surface area contributed by atoms with Crippen LogP contribution < -0.4 is 5.32 Å². The molecule has 1 N–H and O–H groups in total. The van der Waals surface area contributed by atoms with Gasteiger partial charge in [-0.3, -0.25) is 4.79 Å². The number of thiazole rings is 1. The van der Waals surface area contributed by atoms with Crippen molar-refractivity contribution in [1.29, 1.82) is 0 Å². The van der Waals surface area contributed by atoms with Gasteiger partial charge in [-0.1, -0.05) is 17.4 Å². The molecule has 0 aliphatic rings. The number of thiol groups is 1. The first-order valence-corrected chi connectivity index (χ1v) is 5.92. The molecule has 0 unspecified atom stereocenters. The second-order valence-electron chi connectivity index (χ2n) is 3.20. The molecule has 3 nitrogen and oxygen atoms in total. The maximum absolute atomic E-state index is 11.1. The van der Waals surface area contributed by atoms with Gasteiger partial charge in [0, 0.05) is 0 Å². The average molecular weight is 238 g/mol. The fourth-order valence-corrected chi connectivity index (χ4v) is 2.30. The fraction of sp³-hybridized carbons (Fsp3) is 0.200.